The van der Waals surface area contributed by atoms with Crippen LogP contribution in [-0.2, 0) is 16.6 Å². The van der Waals surface area contributed by atoms with Crippen molar-refractivity contribution in [1.82, 2.24) is 4.72 Å². The van der Waals surface area contributed by atoms with Crippen LogP contribution < -0.4 is 19.1 Å². The Labute approximate surface area is 154 Å². The van der Waals surface area contributed by atoms with E-state index in [-0.39, 0.29) is 17.2 Å². The monoisotopic (exact) mass is 376 g/mol. The highest BCUT2D eigenvalue weighted by Crippen LogP contribution is 2.28. The Hall–Kier alpha value is -2.25. The number of sulfonamides is 1. The van der Waals surface area contributed by atoms with E-state index >= 15 is 0 Å². The number of nitrogens with zero attached hydrogens (tertiary/aromatic N) is 1. The van der Waals surface area contributed by atoms with Crippen molar-refractivity contribution < 1.29 is 17.9 Å². The van der Waals surface area contributed by atoms with Gasteiger partial charge in [-0.05, 0) is 42.7 Å². The largest absolute Gasteiger partial charge is 0.497 e. The second-order valence-electron chi connectivity index (χ2n) is 6.20. The van der Waals surface area contributed by atoms with E-state index in [1.165, 1.54) is 38.8 Å². The van der Waals surface area contributed by atoms with Crippen LogP contribution in [0.25, 0.3) is 0 Å². The Balaban J connectivity index is 1.70. The number of rotatable bonds is 7. The van der Waals surface area contributed by atoms with Crippen molar-refractivity contribution in [3.8, 4) is 11.5 Å². The molecule has 7 heteroatoms. The van der Waals surface area contributed by atoms with Crippen molar-refractivity contribution in [3.63, 3.8) is 0 Å². The highest BCUT2D eigenvalue weighted by atomic mass is 32.2. The Morgan fingerprint density at radius 1 is 1.00 bits per heavy atom. The summed E-state index contributed by atoms with van der Waals surface area (Å²) < 4.78 is 38.2. The molecule has 0 aromatic heterocycles. The van der Waals surface area contributed by atoms with Gasteiger partial charge in [0.05, 0.1) is 14.2 Å². The molecule has 0 aliphatic carbocycles. The van der Waals surface area contributed by atoms with Gasteiger partial charge in [0, 0.05) is 31.4 Å². The smallest absolute Gasteiger partial charge is 0.244 e. The average Bonchev–Trinajstić information content (AvgIpc) is 3.21. The molecule has 1 aliphatic heterocycles. The quantitative estimate of drug-likeness (QED) is 0.805. The first kappa shape index (κ1) is 18.5. The number of benzene rings is 2. The van der Waals surface area contributed by atoms with Gasteiger partial charge < -0.3 is 14.4 Å². The lowest BCUT2D eigenvalue weighted by atomic mass is 10.2. The van der Waals surface area contributed by atoms with Crippen LogP contribution in [0.1, 0.15) is 18.4 Å². The van der Waals surface area contributed by atoms with E-state index < -0.39 is 10.0 Å². The molecule has 140 valence electrons. The third-order valence-electron chi connectivity index (χ3n) is 4.53. The first-order valence-electron chi connectivity index (χ1n) is 8.59. The Bertz CT molecular complexity index is 844. The summed E-state index contributed by atoms with van der Waals surface area (Å²) in [5.41, 5.74) is 2.09. The van der Waals surface area contributed by atoms with Crippen LogP contribution in [0.2, 0.25) is 0 Å². The predicted molar refractivity (Wildman–Crippen MR) is 101 cm³/mol. The predicted octanol–water partition coefficient (Wildman–Crippen LogP) is 2.78. The van der Waals surface area contributed by atoms with Gasteiger partial charge in [-0.25, -0.2) is 13.1 Å². The molecule has 1 N–H and O–H groups in total. The SMILES string of the molecule is COc1ccc(S(=O)(=O)NCc2ccc(N3CCCC3)cc2)c(OC)c1. The number of hydrogen-bond donors (Lipinski definition) is 1. The zero-order valence-corrected chi connectivity index (χ0v) is 15.9. The van der Waals surface area contributed by atoms with Crippen LogP contribution in [-0.4, -0.2) is 35.7 Å². The van der Waals surface area contributed by atoms with Gasteiger partial charge in [-0.1, -0.05) is 12.1 Å². The van der Waals surface area contributed by atoms with Crippen LogP contribution in [0.3, 0.4) is 0 Å². The highest BCUT2D eigenvalue weighted by Gasteiger charge is 2.20. The van der Waals surface area contributed by atoms with Gasteiger partial charge in [-0.15, -0.1) is 0 Å². The van der Waals surface area contributed by atoms with E-state index in [1.807, 2.05) is 24.3 Å². The van der Waals surface area contributed by atoms with Crippen LogP contribution >= 0.6 is 0 Å². The first-order chi connectivity index (χ1) is 12.5. The van der Waals surface area contributed by atoms with Gasteiger partial charge >= 0.3 is 0 Å². The fraction of sp³-hybridized carbons (Fsp3) is 0.368. The number of nitrogens with one attached hydrogen (secondary N) is 1. The molecule has 0 atom stereocenters. The zero-order chi connectivity index (χ0) is 18.6. The first-order valence-corrected chi connectivity index (χ1v) is 10.1. The summed E-state index contributed by atoms with van der Waals surface area (Å²) in [6.45, 7) is 2.39. The minimum absolute atomic E-state index is 0.0921. The highest BCUT2D eigenvalue weighted by molar-refractivity contribution is 7.89. The molecule has 1 heterocycles. The normalized spacial score (nSPS) is 14.5. The average molecular weight is 376 g/mol. The Morgan fingerprint density at radius 3 is 2.31 bits per heavy atom. The molecule has 0 radical (unpaired) electrons. The lowest BCUT2D eigenvalue weighted by Crippen LogP contribution is -2.24. The van der Waals surface area contributed by atoms with E-state index in [2.05, 4.69) is 9.62 Å². The van der Waals surface area contributed by atoms with Gasteiger partial charge in [0.2, 0.25) is 10.0 Å². The van der Waals surface area contributed by atoms with Gasteiger partial charge in [0.15, 0.2) is 0 Å². The molecule has 1 fully saturated rings. The maximum Gasteiger partial charge on any atom is 0.244 e. The fourth-order valence-corrected chi connectivity index (χ4v) is 4.22. The van der Waals surface area contributed by atoms with E-state index in [0.29, 0.717) is 5.75 Å². The van der Waals surface area contributed by atoms with Crippen molar-refractivity contribution in [1.29, 1.82) is 0 Å². The summed E-state index contributed by atoms with van der Waals surface area (Å²) in [5.74, 6) is 0.791. The summed E-state index contributed by atoms with van der Waals surface area (Å²) in [6.07, 6.45) is 2.45. The van der Waals surface area contributed by atoms with Crippen molar-refractivity contribution in [2.45, 2.75) is 24.3 Å². The van der Waals surface area contributed by atoms with Gasteiger partial charge in [-0.3, -0.25) is 0 Å². The molecule has 1 saturated heterocycles. The molecule has 0 bridgehead atoms. The number of ether oxygens (including phenoxy) is 2. The molecule has 2 aromatic rings. The molecular formula is C19H24N2O4S. The maximum atomic E-state index is 12.6. The second-order valence-corrected chi connectivity index (χ2v) is 7.94. The standard InChI is InChI=1S/C19H24N2O4S/c1-24-17-9-10-19(18(13-17)25-2)26(22,23)20-14-15-5-7-16(8-6-15)21-11-3-4-12-21/h5-10,13,20H,3-4,11-12,14H2,1-2H3. The minimum atomic E-state index is -3.69. The molecule has 0 saturated carbocycles. The van der Waals surface area contributed by atoms with Gasteiger partial charge in [0.1, 0.15) is 16.4 Å². The van der Waals surface area contributed by atoms with Crippen molar-refractivity contribution >= 4 is 15.7 Å². The molecule has 2 aromatic carbocycles. The number of methoxy groups -OCH3 is 2. The van der Waals surface area contributed by atoms with Crippen LogP contribution in [0.4, 0.5) is 5.69 Å². The topological polar surface area (TPSA) is 67.9 Å². The molecule has 6 nitrogen and oxygen atoms in total. The summed E-state index contributed by atoms with van der Waals surface area (Å²) >= 11 is 0. The van der Waals surface area contributed by atoms with E-state index in [0.717, 1.165) is 18.7 Å². The third kappa shape index (κ3) is 4.11. The maximum absolute atomic E-state index is 12.6. The van der Waals surface area contributed by atoms with Gasteiger partial charge in [-0.2, -0.15) is 0 Å². The third-order valence-corrected chi connectivity index (χ3v) is 5.97. The van der Waals surface area contributed by atoms with Crippen molar-refractivity contribution in [2.24, 2.45) is 0 Å². The van der Waals surface area contributed by atoms with Crippen molar-refractivity contribution in [2.75, 3.05) is 32.2 Å². The summed E-state index contributed by atoms with van der Waals surface area (Å²) in [7, 11) is -0.737. The molecular weight excluding hydrogens is 352 g/mol. The molecule has 0 amide bonds. The van der Waals surface area contributed by atoms with E-state index in [9.17, 15) is 8.42 Å². The zero-order valence-electron chi connectivity index (χ0n) is 15.1. The Kier molecular flexibility index (Phi) is 5.68. The van der Waals surface area contributed by atoms with Crippen LogP contribution in [0, 0.1) is 0 Å². The number of hydrogen-bond acceptors (Lipinski definition) is 5. The minimum Gasteiger partial charge on any atom is -0.497 e. The molecule has 0 spiro atoms. The van der Waals surface area contributed by atoms with Crippen LogP contribution in [0.15, 0.2) is 47.4 Å². The molecule has 3 rings (SSSR count). The summed E-state index contributed by atoms with van der Waals surface area (Å²) in [5, 5.41) is 0. The van der Waals surface area contributed by atoms with Gasteiger partial charge in [0.25, 0.3) is 0 Å². The molecule has 26 heavy (non-hydrogen) atoms. The lowest BCUT2D eigenvalue weighted by molar-refractivity contribution is 0.386. The summed E-state index contributed by atoms with van der Waals surface area (Å²) in [4.78, 5) is 2.44. The molecule has 0 unspecified atom stereocenters. The van der Waals surface area contributed by atoms with E-state index in [1.54, 1.807) is 12.1 Å². The van der Waals surface area contributed by atoms with Crippen LogP contribution in [0.5, 0.6) is 11.5 Å². The Morgan fingerprint density at radius 2 is 1.69 bits per heavy atom. The summed E-state index contributed by atoms with van der Waals surface area (Å²) in [6, 6.07) is 12.6. The van der Waals surface area contributed by atoms with Crippen molar-refractivity contribution in [3.05, 3.63) is 48.0 Å². The second kappa shape index (κ2) is 7.97. The fourth-order valence-electron chi connectivity index (χ4n) is 3.05. The van der Waals surface area contributed by atoms with E-state index in [4.69, 9.17) is 9.47 Å². The number of anilines is 1. The lowest BCUT2D eigenvalue weighted by Gasteiger charge is -2.18. The molecule has 1 aliphatic rings.